The van der Waals surface area contributed by atoms with Crippen LogP contribution in [0.25, 0.3) is 0 Å². The summed E-state index contributed by atoms with van der Waals surface area (Å²) in [6, 6.07) is 6.01. The largest absolute Gasteiger partial charge is 0.495 e. The number of hydrogen-bond acceptors (Lipinski definition) is 4. The number of carbonyl (C=O) groups is 1. The number of sulfonamides is 1. The minimum Gasteiger partial charge on any atom is -0.495 e. The Bertz CT molecular complexity index is 595. The Hall–Kier alpha value is -1.60. The molecule has 1 aliphatic rings. The first kappa shape index (κ1) is 14.8. The zero-order chi connectivity index (χ0) is 14.8. The summed E-state index contributed by atoms with van der Waals surface area (Å²) in [5.74, 6) is -0.933. The van der Waals surface area contributed by atoms with Crippen molar-refractivity contribution in [1.29, 1.82) is 0 Å². The maximum Gasteiger partial charge on any atom is 0.318 e. The third-order valence-electron chi connectivity index (χ3n) is 3.43. The fourth-order valence-electron chi connectivity index (χ4n) is 2.18. The molecule has 0 bridgehead atoms. The highest BCUT2D eigenvalue weighted by molar-refractivity contribution is 7.89. The lowest BCUT2D eigenvalue weighted by Crippen LogP contribution is -2.46. The van der Waals surface area contributed by atoms with Crippen LogP contribution in [0.15, 0.2) is 29.2 Å². The van der Waals surface area contributed by atoms with Crippen LogP contribution in [0.3, 0.4) is 0 Å². The van der Waals surface area contributed by atoms with E-state index in [0.717, 1.165) is 10.7 Å². The number of methoxy groups -OCH3 is 1. The summed E-state index contributed by atoms with van der Waals surface area (Å²) in [6.07, 6.45) is 2.31. The minimum absolute atomic E-state index is 0.00986. The second-order valence-electron chi connectivity index (χ2n) is 4.68. The SMILES string of the molecule is COc1ccccc1S(=O)(=O)N(CC(=O)O)C1CCC1. The molecule has 1 aromatic carbocycles. The Labute approximate surface area is 118 Å². The Balaban J connectivity index is 2.41. The van der Waals surface area contributed by atoms with E-state index in [1.165, 1.54) is 13.2 Å². The van der Waals surface area contributed by atoms with E-state index >= 15 is 0 Å². The Morgan fingerprint density at radius 2 is 2.05 bits per heavy atom. The molecular weight excluding hydrogens is 282 g/mol. The van der Waals surface area contributed by atoms with Gasteiger partial charge < -0.3 is 9.84 Å². The summed E-state index contributed by atoms with van der Waals surface area (Å²) in [7, 11) is -2.48. The standard InChI is InChI=1S/C13H17NO5S/c1-19-11-7-2-3-8-12(11)20(17,18)14(9-13(15)16)10-5-4-6-10/h2-3,7-8,10H,4-6,9H2,1H3,(H,15,16). The van der Waals surface area contributed by atoms with Crippen molar-refractivity contribution in [2.45, 2.75) is 30.2 Å². The molecule has 1 fully saturated rings. The van der Waals surface area contributed by atoms with Gasteiger partial charge in [0.2, 0.25) is 10.0 Å². The highest BCUT2D eigenvalue weighted by Gasteiger charge is 2.37. The summed E-state index contributed by atoms with van der Waals surface area (Å²) in [5.41, 5.74) is 0. The number of para-hydroxylation sites is 1. The number of nitrogens with zero attached hydrogens (tertiary/aromatic N) is 1. The van der Waals surface area contributed by atoms with Crippen LogP contribution < -0.4 is 4.74 Å². The van der Waals surface area contributed by atoms with Crippen molar-refractivity contribution in [1.82, 2.24) is 4.31 Å². The van der Waals surface area contributed by atoms with Gasteiger partial charge in [-0.15, -0.1) is 0 Å². The molecule has 6 nitrogen and oxygen atoms in total. The lowest BCUT2D eigenvalue weighted by molar-refractivity contribution is -0.137. The highest BCUT2D eigenvalue weighted by atomic mass is 32.2. The van der Waals surface area contributed by atoms with E-state index in [2.05, 4.69) is 0 Å². The van der Waals surface area contributed by atoms with E-state index in [-0.39, 0.29) is 16.7 Å². The van der Waals surface area contributed by atoms with E-state index in [0.29, 0.717) is 12.8 Å². The lowest BCUT2D eigenvalue weighted by Gasteiger charge is -2.35. The zero-order valence-corrected chi connectivity index (χ0v) is 12.0. The Morgan fingerprint density at radius 3 is 2.55 bits per heavy atom. The van der Waals surface area contributed by atoms with Crippen LogP contribution in [0.5, 0.6) is 5.75 Å². The molecule has 0 aromatic heterocycles. The number of hydrogen-bond donors (Lipinski definition) is 1. The van der Waals surface area contributed by atoms with Gasteiger partial charge in [0, 0.05) is 6.04 Å². The molecule has 1 aliphatic carbocycles. The van der Waals surface area contributed by atoms with Gasteiger partial charge in [0.25, 0.3) is 0 Å². The molecule has 0 aliphatic heterocycles. The zero-order valence-electron chi connectivity index (χ0n) is 11.2. The molecule has 0 spiro atoms. The quantitative estimate of drug-likeness (QED) is 0.856. The molecule has 110 valence electrons. The summed E-state index contributed by atoms with van der Waals surface area (Å²) >= 11 is 0. The topological polar surface area (TPSA) is 83.9 Å². The first-order valence-corrected chi connectivity index (χ1v) is 7.77. The second-order valence-corrected chi connectivity index (χ2v) is 6.54. The molecule has 1 aromatic rings. The highest BCUT2D eigenvalue weighted by Crippen LogP contribution is 2.33. The van der Waals surface area contributed by atoms with Gasteiger partial charge in [-0.25, -0.2) is 8.42 Å². The molecular formula is C13H17NO5S. The smallest absolute Gasteiger partial charge is 0.318 e. The van der Waals surface area contributed by atoms with Crippen molar-refractivity contribution >= 4 is 16.0 Å². The van der Waals surface area contributed by atoms with Gasteiger partial charge in [0.05, 0.1) is 7.11 Å². The van der Waals surface area contributed by atoms with Crippen molar-refractivity contribution < 1.29 is 23.1 Å². The first-order chi connectivity index (χ1) is 9.46. The van der Waals surface area contributed by atoms with E-state index in [1.807, 2.05) is 0 Å². The molecule has 0 unspecified atom stereocenters. The Morgan fingerprint density at radius 1 is 1.40 bits per heavy atom. The van der Waals surface area contributed by atoms with Gasteiger partial charge in [-0.3, -0.25) is 4.79 Å². The van der Waals surface area contributed by atoms with E-state index in [4.69, 9.17) is 9.84 Å². The number of carboxylic acids is 1. The molecule has 20 heavy (non-hydrogen) atoms. The number of ether oxygens (including phenoxy) is 1. The third kappa shape index (κ3) is 2.78. The molecule has 0 saturated heterocycles. The molecule has 0 atom stereocenters. The van der Waals surface area contributed by atoms with Gasteiger partial charge in [-0.1, -0.05) is 18.6 Å². The summed E-state index contributed by atoms with van der Waals surface area (Å²) in [6.45, 7) is -0.523. The van der Waals surface area contributed by atoms with Gasteiger partial charge in [0.1, 0.15) is 17.2 Å². The number of aliphatic carboxylic acids is 1. The maximum atomic E-state index is 12.7. The summed E-state index contributed by atoms with van der Waals surface area (Å²) in [4.78, 5) is 11.0. The van der Waals surface area contributed by atoms with Crippen LogP contribution in [0.2, 0.25) is 0 Å². The van der Waals surface area contributed by atoms with E-state index in [9.17, 15) is 13.2 Å². The number of benzene rings is 1. The summed E-state index contributed by atoms with van der Waals surface area (Å²) in [5, 5.41) is 8.95. The monoisotopic (exact) mass is 299 g/mol. The minimum atomic E-state index is -3.87. The molecule has 1 N–H and O–H groups in total. The van der Waals surface area contributed by atoms with Crippen LogP contribution in [0.4, 0.5) is 0 Å². The van der Waals surface area contributed by atoms with Gasteiger partial charge in [-0.05, 0) is 25.0 Å². The molecule has 0 amide bonds. The predicted molar refractivity (Wildman–Crippen MR) is 72.2 cm³/mol. The second kappa shape index (κ2) is 5.80. The van der Waals surface area contributed by atoms with Crippen molar-refractivity contribution in [2.24, 2.45) is 0 Å². The fourth-order valence-corrected chi connectivity index (χ4v) is 3.97. The summed E-state index contributed by atoms with van der Waals surface area (Å²) < 4.78 is 31.5. The normalized spacial score (nSPS) is 15.9. The lowest BCUT2D eigenvalue weighted by atomic mass is 9.93. The molecule has 2 rings (SSSR count). The van der Waals surface area contributed by atoms with Crippen molar-refractivity contribution in [3.05, 3.63) is 24.3 Å². The van der Waals surface area contributed by atoms with Gasteiger partial charge >= 0.3 is 5.97 Å². The van der Waals surface area contributed by atoms with E-state index in [1.54, 1.807) is 18.2 Å². The van der Waals surface area contributed by atoms with Crippen LogP contribution in [0.1, 0.15) is 19.3 Å². The molecule has 0 heterocycles. The molecule has 1 saturated carbocycles. The number of carboxylic acid groups (broad SMARTS) is 1. The predicted octanol–water partition coefficient (Wildman–Crippen LogP) is 1.32. The van der Waals surface area contributed by atoms with E-state index < -0.39 is 22.5 Å². The van der Waals surface area contributed by atoms with Crippen LogP contribution in [0, 0.1) is 0 Å². The average molecular weight is 299 g/mol. The van der Waals surface area contributed by atoms with Crippen molar-refractivity contribution in [3.8, 4) is 5.75 Å². The van der Waals surface area contributed by atoms with Gasteiger partial charge in [0.15, 0.2) is 0 Å². The Kier molecular flexibility index (Phi) is 4.29. The average Bonchev–Trinajstić information content (AvgIpc) is 2.35. The van der Waals surface area contributed by atoms with Crippen LogP contribution in [-0.4, -0.2) is 43.5 Å². The number of rotatable bonds is 6. The van der Waals surface area contributed by atoms with Gasteiger partial charge in [-0.2, -0.15) is 4.31 Å². The fraction of sp³-hybridized carbons (Fsp3) is 0.462. The first-order valence-electron chi connectivity index (χ1n) is 6.33. The van der Waals surface area contributed by atoms with Crippen molar-refractivity contribution in [2.75, 3.05) is 13.7 Å². The molecule has 0 radical (unpaired) electrons. The maximum absolute atomic E-state index is 12.7. The van der Waals surface area contributed by atoms with Crippen molar-refractivity contribution in [3.63, 3.8) is 0 Å². The molecule has 7 heteroatoms. The van der Waals surface area contributed by atoms with Crippen LogP contribution >= 0.6 is 0 Å². The third-order valence-corrected chi connectivity index (χ3v) is 5.37. The van der Waals surface area contributed by atoms with Crippen LogP contribution in [-0.2, 0) is 14.8 Å².